The van der Waals surface area contributed by atoms with Crippen molar-refractivity contribution in [2.45, 2.75) is 43.6 Å². The van der Waals surface area contributed by atoms with E-state index < -0.39 is 0 Å². The van der Waals surface area contributed by atoms with Crippen molar-refractivity contribution in [3.63, 3.8) is 0 Å². The smallest absolute Gasteiger partial charge is 0.277 e. The number of benzene rings is 1. The second kappa shape index (κ2) is 6.54. The van der Waals surface area contributed by atoms with Crippen molar-refractivity contribution in [1.29, 1.82) is 0 Å². The molecule has 120 valence electrons. The van der Waals surface area contributed by atoms with Crippen molar-refractivity contribution in [2.24, 2.45) is 0 Å². The van der Waals surface area contributed by atoms with Gasteiger partial charge in [-0.15, -0.1) is 10.2 Å². The van der Waals surface area contributed by atoms with E-state index in [4.69, 9.17) is 8.94 Å². The maximum absolute atomic E-state index is 5.64. The fourth-order valence-electron chi connectivity index (χ4n) is 1.88. The number of hydrogen-bond donors (Lipinski definition) is 0. The molecule has 0 N–H and O–H groups in total. The Morgan fingerprint density at radius 3 is 2.57 bits per heavy atom. The molecule has 0 saturated heterocycles. The van der Waals surface area contributed by atoms with Gasteiger partial charge in [0.2, 0.25) is 11.8 Å². The van der Waals surface area contributed by atoms with E-state index in [1.54, 1.807) is 0 Å². The van der Waals surface area contributed by atoms with Crippen molar-refractivity contribution < 1.29 is 8.94 Å². The van der Waals surface area contributed by atoms with Crippen LogP contribution < -0.4 is 0 Å². The van der Waals surface area contributed by atoms with Crippen molar-refractivity contribution in [1.82, 2.24) is 20.3 Å². The molecule has 0 aliphatic rings. The van der Waals surface area contributed by atoms with E-state index in [0.29, 0.717) is 35.0 Å². The largest absolute Gasteiger partial charge is 0.416 e. The Hall–Kier alpha value is -2.15. The lowest BCUT2D eigenvalue weighted by atomic mass is 9.97. The lowest BCUT2D eigenvalue weighted by Crippen LogP contribution is -2.11. The molecule has 2 heterocycles. The van der Waals surface area contributed by atoms with Gasteiger partial charge in [0.25, 0.3) is 5.22 Å². The lowest BCUT2D eigenvalue weighted by molar-refractivity contribution is 0.319. The maximum atomic E-state index is 5.64. The first-order valence-corrected chi connectivity index (χ1v) is 8.31. The van der Waals surface area contributed by atoms with E-state index in [9.17, 15) is 0 Å². The van der Waals surface area contributed by atoms with Crippen LogP contribution in [-0.4, -0.2) is 20.3 Å². The third kappa shape index (κ3) is 4.19. The standard InChI is InChI=1S/C16H18N4O2S/c1-16(2,3)14-17-12(20-22-14)10-23-15-19-18-13(21-15)9-11-7-5-4-6-8-11/h4-8H,9-10H2,1-3H3. The quantitative estimate of drug-likeness (QED) is 0.661. The Labute approximate surface area is 138 Å². The van der Waals surface area contributed by atoms with Gasteiger partial charge in [0, 0.05) is 5.41 Å². The van der Waals surface area contributed by atoms with Crippen molar-refractivity contribution in [2.75, 3.05) is 0 Å². The summed E-state index contributed by atoms with van der Waals surface area (Å²) in [5.74, 6) is 2.39. The average Bonchev–Trinajstić information content (AvgIpc) is 3.15. The normalized spacial score (nSPS) is 11.8. The van der Waals surface area contributed by atoms with Gasteiger partial charge in [-0.2, -0.15) is 4.98 Å². The highest BCUT2D eigenvalue weighted by atomic mass is 32.2. The minimum Gasteiger partial charge on any atom is -0.416 e. The topological polar surface area (TPSA) is 77.8 Å². The highest BCUT2D eigenvalue weighted by molar-refractivity contribution is 7.98. The van der Waals surface area contributed by atoms with Crippen LogP contribution in [0, 0.1) is 0 Å². The van der Waals surface area contributed by atoms with Crippen molar-refractivity contribution >= 4 is 11.8 Å². The molecule has 0 bridgehead atoms. The summed E-state index contributed by atoms with van der Waals surface area (Å²) >= 11 is 1.40. The van der Waals surface area contributed by atoms with E-state index in [2.05, 4.69) is 20.3 Å². The Morgan fingerprint density at radius 1 is 1.09 bits per heavy atom. The van der Waals surface area contributed by atoms with E-state index in [0.717, 1.165) is 5.56 Å². The first-order chi connectivity index (χ1) is 11.0. The van der Waals surface area contributed by atoms with Crippen LogP contribution in [0.2, 0.25) is 0 Å². The molecule has 0 saturated carbocycles. The second-order valence-electron chi connectivity index (χ2n) is 6.18. The molecule has 3 aromatic rings. The van der Waals surface area contributed by atoms with Gasteiger partial charge in [0.15, 0.2) is 5.82 Å². The Morgan fingerprint density at radius 2 is 1.87 bits per heavy atom. The highest BCUT2D eigenvalue weighted by Crippen LogP contribution is 2.24. The summed E-state index contributed by atoms with van der Waals surface area (Å²) in [5.41, 5.74) is 0.990. The first kappa shape index (κ1) is 15.7. The van der Waals surface area contributed by atoms with Crippen molar-refractivity contribution in [3.8, 4) is 0 Å². The number of thioether (sulfide) groups is 1. The summed E-state index contributed by atoms with van der Waals surface area (Å²) in [6, 6.07) is 10.0. The van der Waals surface area contributed by atoms with Crippen LogP contribution in [0.25, 0.3) is 0 Å². The van der Waals surface area contributed by atoms with Gasteiger partial charge >= 0.3 is 0 Å². The molecule has 0 unspecified atom stereocenters. The minimum atomic E-state index is -0.150. The predicted molar refractivity (Wildman–Crippen MR) is 86.1 cm³/mol. The fourth-order valence-corrected chi connectivity index (χ4v) is 2.51. The SMILES string of the molecule is CC(C)(C)c1nc(CSc2nnc(Cc3ccccc3)o2)no1. The molecule has 0 amide bonds. The van der Waals surface area contributed by atoms with Crippen molar-refractivity contribution in [3.05, 3.63) is 53.5 Å². The second-order valence-corrected chi connectivity index (χ2v) is 7.11. The predicted octanol–water partition coefficient (Wildman–Crippen LogP) is 3.63. The van der Waals surface area contributed by atoms with Gasteiger partial charge in [0.05, 0.1) is 12.2 Å². The molecule has 3 rings (SSSR count). The molecule has 0 radical (unpaired) electrons. The monoisotopic (exact) mass is 330 g/mol. The Bertz CT molecular complexity index is 762. The average molecular weight is 330 g/mol. The van der Waals surface area contributed by atoms with Crippen LogP contribution >= 0.6 is 11.8 Å². The third-order valence-corrected chi connectivity index (χ3v) is 3.90. The lowest BCUT2D eigenvalue weighted by Gasteiger charge is -2.10. The molecule has 0 atom stereocenters. The molecule has 0 fully saturated rings. The minimum absolute atomic E-state index is 0.150. The number of rotatable bonds is 5. The molecular weight excluding hydrogens is 312 g/mol. The number of nitrogens with zero attached hydrogens (tertiary/aromatic N) is 4. The molecule has 0 aliphatic carbocycles. The zero-order chi connectivity index (χ0) is 16.3. The molecule has 6 nitrogen and oxygen atoms in total. The number of aromatic nitrogens is 4. The van der Waals surface area contributed by atoms with Gasteiger partial charge in [-0.25, -0.2) is 0 Å². The van der Waals surface area contributed by atoms with Crippen LogP contribution in [-0.2, 0) is 17.6 Å². The summed E-state index contributed by atoms with van der Waals surface area (Å²) in [5, 5.41) is 12.6. The van der Waals surface area contributed by atoms with Crippen LogP contribution in [0.4, 0.5) is 0 Å². The van der Waals surface area contributed by atoms with Gasteiger partial charge in [0.1, 0.15) is 0 Å². The Balaban J connectivity index is 1.58. The third-order valence-electron chi connectivity index (χ3n) is 3.08. The van der Waals surface area contributed by atoms with Crippen LogP contribution in [0.15, 0.2) is 44.5 Å². The molecule has 2 aromatic heterocycles. The summed E-state index contributed by atoms with van der Waals surface area (Å²) in [7, 11) is 0. The first-order valence-electron chi connectivity index (χ1n) is 7.33. The van der Waals surface area contributed by atoms with Gasteiger partial charge in [-0.1, -0.05) is 68.0 Å². The Kier molecular flexibility index (Phi) is 4.47. The van der Waals surface area contributed by atoms with E-state index >= 15 is 0 Å². The maximum Gasteiger partial charge on any atom is 0.277 e. The molecular formula is C16H18N4O2S. The zero-order valence-electron chi connectivity index (χ0n) is 13.3. The van der Waals surface area contributed by atoms with Gasteiger partial charge in [-0.05, 0) is 5.56 Å². The van der Waals surface area contributed by atoms with E-state index in [1.807, 2.05) is 51.1 Å². The summed E-state index contributed by atoms with van der Waals surface area (Å²) in [6.45, 7) is 6.10. The van der Waals surface area contributed by atoms with Gasteiger partial charge in [-0.3, -0.25) is 0 Å². The van der Waals surface area contributed by atoms with Crippen LogP contribution in [0.1, 0.15) is 43.9 Å². The van der Waals surface area contributed by atoms with Crippen LogP contribution in [0.5, 0.6) is 0 Å². The summed E-state index contributed by atoms with van der Waals surface area (Å²) in [6.07, 6.45) is 0.630. The summed E-state index contributed by atoms with van der Waals surface area (Å²) in [4.78, 5) is 4.38. The molecule has 0 spiro atoms. The molecule has 23 heavy (non-hydrogen) atoms. The zero-order valence-corrected chi connectivity index (χ0v) is 14.1. The molecule has 0 aliphatic heterocycles. The van der Waals surface area contributed by atoms with E-state index in [1.165, 1.54) is 11.8 Å². The fraction of sp³-hybridized carbons (Fsp3) is 0.375. The van der Waals surface area contributed by atoms with E-state index in [-0.39, 0.29) is 5.41 Å². The number of hydrogen-bond acceptors (Lipinski definition) is 7. The highest BCUT2D eigenvalue weighted by Gasteiger charge is 2.22. The van der Waals surface area contributed by atoms with Gasteiger partial charge < -0.3 is 8.94 Å². The molecule has 7 heteroatoms. The molecule has 1 aromatic carbocycles. The van der Waals surface area contributed by atoms with Crippen LogP contribution in [0.3, 0.4) is 0 Å². The summed E-state index contributed by atoms with van der Waals surface area (Å²) < 4.78 is 10.9.